The Balaban J connectivity index is 1.32. The van der Waals surface area contributed by atoms with Crippen LogP contribution in [-0.2, 0) is 0 Å². The smallest absolute Gasteiger partial charge is 0.235 e. The number of para-hydroxylation sites is 2. The normalized spacial score (nSPS) is 11.8. The van der Waals surface area contributed by atoms with Crippen LogP contribution in [0.5, 0.6) is 0 Å². The summed E-state index contributed by atoms with van der Waals surface area (Å²) in [4.78, 5) is 10.8. The van der Waals surface area contributed by atoms with E-state index < -0.39 is 0 Å². The second kappa shape index (κ2) is 10.5. The van der Waals surface area contributed by atoms with E-state index in [0.717, 1.165) is 44.1 Å². The summed E-state index contributed by atoms with van der Waals surface area (Å²) in [5.41, 5.74) is 10.9. The van der Waals surface area contributed by atoms with Crippen LogP contribution in [0.25, 0.3) is 88.6 Å². The van der Waals surface area contributed by atoms with E-state index in [4.69, 9.17) is 9.97 Å². The summed E-state index contributed by atoms with van der Waals surface area (Å²) in [6, 6.07) is 57.8. The van der Waals surface area contributed by atoms with Crippen molar-refractivity contribution in [1.29, 1.82) is 0 Å². The second-order valence-corrected chi connectivity index (χ2v) is 12.2. The van der Waals surface area contributed by atoms with Gasteiger partial charge in [0, 0.05) is 27.9 Å². The quantitative estimate of drug-likeness (QED) is 0.198. The molecule has 10 aromatic rings. The van der Waals surface area contributed by atoms with Gasteiger partial charge in [0.05, 0.1) is 33.5 Å². The lowest BCUT2D eigenvalue weighted by atomic mass is 9.93. The van der Waals surface area contributed by atoms with Gasteiger partial charge in [-0.15, -0.1) is 0 Å². The highest BCUT2D eigenvalue weighted by molar-refractivity contribution is 6.21. The van der Waals surface area contributed by atoms with Gasteiger partial charge in [-0.3, -0.25) is 4.57 Å². The summed E-state index contributed by atoms with van der Waals surface area (Å²) in [5.74, 6) is 0.655. The Bertz CT molecular complexity index is 2820. The lowest BCUT2D eigenvalue weighted by Gasteiger charge is -2.15. The molecule has 4 nitrogen and oxygen atoms in total. The van der Waals surface area contributed by atoms with Crippen molar-refractivity contribution in [2.75, 3.05) is 0 Å². The van der Waals surface area contributed by atoms with Gasteiger partial charge in [0.25, 0.3) is 0 Å². The number of fused-ring (bicyclic) bond motifs is 7. The molecule has 0 unspecified atom stereocenters. The zero-order chi connectivity index (χ0) is 31.6. The average Bonchev–Trinajstić information content (AvgIpc) is 3.67. The summed E-state index contributed by atoms with van der Waals surface area (Å²) in [6.45, 7) is 0. The molecule has 4 heteroatoms. The molecule has 0 aliphatic heterocycles. The Labute approximate surface area is 276 Å². The number of nitrogens with zero attached hydrogens (tertiary/aromatic N) is 4. The summed E-state index contributed by atoms with van der Waals surface area (Å²) < 4.78 is 4.57. The third kappa shape index (κ3) is 3.90. The Morgan fingerprint density at radius 3 is 1.79 bits per heavy atom. The highest BCUT2D eigenvalue weighted by atomic mass is 15.2. The molecule has 0 amide bonds. The van der Waals surface area contributed by atoms with Crippen molar-refractivity contribution in [3.8, 4) is 39.6 Å². The van der Waals surface area contributed by atoms with Crippen molar-refractivity contribution in [1.82, 2.24) is 18.9 Å². The standard InChI is InChI=1S/C44H28N4/c1-3-15-29(16-4-1)31-26-27-34(33-20-8-7-19-32(31)33)41-35-21-9-11-23-37(35)45-44(46-41)48-38-24-12-10-22-36(38)40-42(30-17-5-2-6-18-30)47-28-14-13-25-39(47)43(40)48/h1-28H. The zero-order valence-corrected chi connectivity index (χ0v) is 26.0. The van der Waals surface area contributed by atoms with Gasteiger partial charge in [-0.05, 0) is 51.7 Å². The molecule has 0 radical (unpaired) electrons. The molecule has 0 atom stereocenters. The first-order chi connectivity index (χ1) is 23.8. The SMILES string of the molecule is c1ccc(-c2ccc(-c3nc(-n4c5ccccc5c5c(-c6ccccc6)n6ccccc6c54)nc4ccccc34)c3ccccc23)cc1. The van der Waals surface area contributed by atoms with Crippen molar-refractivity contribution >= 4 is 49.0 Å². The summed E-state index contributed by atoms with van der Waals surface area (Å²) in [7, 11) is 0. The van der Waals surface area contributed by atoms with Gasteiger partial charge in [-0.2, -0.15) is 0 Å². The molecule has 0 aliphatic carbocycles. The summed E-state index contributed by atoms with van der Waals surface area (Å²) in [6.07, 6.45) is 2.16. The third-order valence-corrected chi connectivity index (χ3v) is 9.56. The molecule has 0 saturated heterocycles. The topological polar surface area (TPSA) is 35.1 Å². The largest absolute Gasteiger partial charge is 0.314 e. The van der Waals surface area contributed by atoms with E-state index >= 15 is 0 Å². The molecule has 0 fully saturated rings. The van der Waals surface area contributed by atoms with Gasteiger partial charge in [0.2, 0.25) is 5.95 Å². The first kappa shape index (κ1) is 26.7. The maximum atomic E-state index is 5.50. The van der Waals surface area contributed by atoms with Gasteiger partial charge in [0.1, 0.15) is 0 Å². The second-order valence-electron chi connectivity index (χ2n) is 12.2. The third-order valence-electron chi connectivity index (χ3n) is 9.56. The number of hydrogen-bond donors (Lipinski definition) is 0. The molecule has 0 bridgehead atoms. The fraction of sp³-hybridized carbons (Fsp3) is 0. The highest BCUT2D eigenvalue weighted by Gasteiger charge is 2.24. The maximum absolute atomic E-state index is 5.50. The van der Waals surface area contributed by atoms with Gasteiger partial charge < -0.3 is 4.40 Å². The van der Waals surface area contributed by atoms with Gasteiger partial charge >= 0.3 is 0 Å². The molecular formula is C44H28N4. The van der Waals surface area contributed by atoms with Crippen LogP contribution in [0, 0.1) is 0 Å². The first-order valence-corrected chi connectivity index (χ1v) is 16.3. The average molecular weight is 613 g/mol. The molecule has 0 spiro atoms. The zero-order valence-electron chi connectivity index (χ0n) is 26.0. The number of rotatable bonds is 4. The molecule has 224 valence electrons. The number of aromatic nitrogens is 4. The Kier molecular flexibility index (Phi) is 5.84. The van der Waals surface area contributed by atoms with E-state index in [0.29, 0.717) is 5.95 Å². The van der Waals surface area contributed by atoms with Crippen LogP contribution < -0.4 is 0 Å². The molecule has 48 heavy (non-hydrogen) atoms. The maximum Gasteiger partial charge on any atom is 0.235 e. The Morgan fingerprint density at radius 2 is 1.00 bits per heavy atom. The van der Waals surface area contributed by atoms with Gasteiger partial charge in [-0.1, -0.05) is 140 Å². The lowest BCUT2D eigenvalue weighted by molar-refractivity contribution is 1.02. The molecule has 0 aliphatic rings. The predicted molar refractivity (Wildman–Crippen MR) is 199 cm³/mol. The van der Waals surface area contributed by atoms with Crippen LogP contribution in [0.3, 0.4) is 0 Å². The van der Waals surface area contributed by atoms with Gasteiger partial charge in [0.15, 0.2) is 0 Å². The van der Waals surface area contributed by atoms with E-state index in [1.54, 1.807) is 0 Å². The van der Waals surface area contributed by atoms with Crippen molar-refractivity contribution in [2.24, 2.45) is 0 Å². The van der Waals surface area contributed by atoms with Crippen molar-refractivity contribution in [3.05, 3.63) is 170 Å². The van der Waals surface area contributed by atoms with Crippen LogP contribution in [0.1, 0.15) is 0 Å². The molecule has 4 aromatic heterocycles. The summed E-state index contributed by atoms with van der Waals surface area (Å²) >= 11 is 0. The molecular weight excluding hydrogens is 585 g/mol. The van der Waals surface area contributed by atoms with Crippen LogP contribution in [-0.4, -0.2) is 18.9 Å². The van der Waals surface area contributed by atoms with E-state index in [1.165, 1.54) is 38.5 Å². The van der Waals surface area contributed by atoms with Gasteiger partial charge in [-0.25, -0.2) is 9.97 Å². The Morgan fingerprint density at radius 1 is 0.417 bits per heavy atom. The van der Waals surface area contributed by atoms with Crippen LogP contribution in [0.15, 0.2) is 170 Å². The molecule has 0 N–H and O–H groups in total. The van der Waals surface area contributed by atoms with E-state index in [9.17, 15) is 0 Å². The molecule has 10 rings (SSSR count). The molecule has 6 aromatic carbocycles. The number of benzene rings is 6. The minimum Gasteiger partial charge on any atom is -0.314 e. The van der Waals surface area contributed by atoms with Crippen molar-refractivity contribution in [2.45, 2.75) is 0 Å². The van der Waals surface area contributed by atoms with E-state index in [1.807, 2.05) is 0 Å². The minimum absolute atomic E-state index is 0.655. The first-order valence-electron chi connectivity index (χ1n) is 16.3. The highest BCUT2D eigenvalue weighted by Crippen LogP contribution is 2.43. The lowest BCUT2D eigenvalue weighted by Crippen LogP contribution is -2.04. The molecule has 0 saturated carbocycles. The van der Waals surface area contributed by atoms with E-state index in [2.05, 4.69) is 179 Å². The minimum atomic E-state index is 0.655. The number of hydrogen-bond acceptors (Lipinski definition) is 2. The fourth-order valence-electron chi connectivity index (χ4n) is 7.51. The number of pyridine rings is 1. The van der Waals surface area contributed by atoms with Crippen LogP contribution in [0.2, 0.25) is 0 Å². The molecule has 4 heterocycles. The van der Waals surface area contributed by atoms with Crippen LogP contribution >= 0.6 is 0 Å². The van der Waals surface area contributed by atoms with E-state index in [-0.39, 0.29) is 0 Å². The predicted octanol–water partition coefficient (Wildman–Crippen LogP) is 11.1. The van der Waals surface area contributed by atoms with Crippen molar-refractivity contribution in [3.63, 3.8) is 0 Å². The summed E-state index contributed by atoms with van der Waals surface area (Å²) in [5, 5.41) is 5.75. The van der Waals surface area contributed by atoms with Crippen LogP contribution in [0.4, 0.5) is 0 Å². The van der Waals surface area contributed by atoms with Crippen molar-refractivity contribution < 1.29 is 0 Å². The monoisotopic (exact) mass is 612 g/mol. The fourth-order valence-corrected chi connectivity index (χ4v) is 7.51. The Hall–Kier alpha value is -6.52.